The maximum Gasteiger partial charge on any atom is 0.326 e. The molecule has 0 aliphatic carbocycles. The molecule has 126 valence electrons. The van der Waals surface area contributed by atoms with Crippen LogP contribution in [-0.2, 0) is 19.0 Å². The van der Waals surface area contributed by atoms with E-state index in [-0.39, 0.29) is 12.0 Å². The van der Waals surface area contributed by atoms with Gasteiger partial charge in [-0.1, -0.05) is 0 Å². The summed E-state index contributed by atoms with van der Waals surface area (Å²) in [5.41, 5.74) is -0.687. The zero-order valence-corrected chi connectivity index (χ0v) is 14.4. The Balaban J connectivity index is 4.73. The first kappa shape index (κ1) is 20.3. The molecule has 1 N–H and O–H groups in total. The standard InChI is InChI=1S/C15H32N2O4/c1-7-21-14(18)15(3,16-4)12-13(2)17(8-10-19-5)9-11-20-6/h13,16H,7-12H2,1-6H3. The summed E-state index contributed by atoms with van der Waals surface area (Å²) in [5, 5.41) is 3.10. The van der Waals surface area contributed by atoms with Crippen LogP contribution >= 0.6 is 0 Å². The van der Waals surface area contributed by atoms with E-state index in [0.717, 1.165) is 13.1 Å². The summed E-state index contributed by atoms with van der Waals surface area (Å²) in [6.45, 7) is 9.13. The zero-order valence-electron chi connectivity index (χ0n) is 14.4. The van der Waals surface area contributed by atoms with Crippen LogP contribution < -0.4 is 5.32 Å². The van der Waals surface area contributed by atoms with Crippen molar-refractivity contribution in [1.29, 1.82) is 0 Å². The largest absolute Gasteiger partial charge is 0.465 e. The Morgan fingerprint density at radius 3 is 2.14 bits per heavy atom. The van der Waals surface area contributed by atoms with Gasteiger partial charge in [0.1, 0.15) is 5.54 Å². The second-order valence-corrected chi connectivity index (χ2v) is 5.38. The van der Waals surface area contributed by atoms with Crippen molar-refractivity contribution in [2.75, 3.05) is 54.2 Å². The van der Waals surface area contributed by atoms with Crippen molar-refractivity contribution >= 4 is 5.97 Å². The van der Waals surface area contributed by atoms with Gasteiger partial charge in [-0.25, -0.2) is 0 Å². The Hall–Kier alpha value is -0.690. The first-order valence-corrected chi connectivity index (χ1v) is 7.53. The molecule has 0 rings (SSSR count). The molecule has 2 atom stereocenters. The van der Waals surface area contributed by atoms with Gasteiger partial charge < -0.3 is 19.5 Å². The highest BCUT2D eigenvalue weighted by Crippen LogP contribution is 2.18. The van der Waals surface area contributed by atoms with E-state index >= 15 is 0 Å². The van der Waals surface area contributed by atoms with Gasteiger partial charge in [0.2, 0.25) is 0 Å². The number of hydrogen-bond acceptors (Lipinski definition) is 6. The van der Waals surface area contributed by atoms with Crippen LogP contribution in [0.5, 0.6) is 0 Å². The molecular weight excluding hydrogens is 272 g/mol. The summed E-state index contributed by atoms with van der Waals surface area (Å²) < 4.78 is 15.5. The molecule has 0 amide bonds. The van der Waals surface area contributed by atoms with Gasteiger partial charge in [0.15, 0.2) is 0 Å². The molecule has 0 aliphatic rings. The van der Waals surface area contributed by atoms with Gasteiger partial charge in [-0.3, -0.25) is 9.69 Å². The van der Waals surface area contributed by atoms with E-state index in [9.17, 15) is 4.79 Å². The molecule has 0 saturated carbocycles. The van der Waals surface area contributed by atoms with Crippen molar-refractivity contribution in [2.24, 2.45) is 0 Å². The first-order valence-electron chi connectivity index (χ1n) is 7.53. The lowest BCUT2D eigenvalue weighted by molar-refractivity contribution is -0.151. The van der Waals surface area contributed by atoms with E-state index < -0.39 is 5.54 Å². The molecule has 0 spiro atoms. The zero-order chi connectivity index (χ0) is 16.3. The predicted octanol–water partition coefficient (Wildman–Crippen LogP) is 0.901. The normalized spacial score (nSPS) is 15.8. The van der Waals surface area contributed by atoms with E-state index in [0.29, 0.717) is 26.2 Å². The van der Waals surface area contributed by atoms with Crippen molar-refractivity contribution in [1.82, 2.24) is 10.2 Å². The molecule has 0 saturated heterocycles. The van der Waals surface area contributed by atoms with Gasteiger partial charge in [0.25, 0.3) is 0 Å². The monoisotopic (exact) mass is 304 g/mol. The first-order chi connectivity index (χ1) is 9.95. The lowest BCUT2D eigenvalue weighted by Crippen LogP contribution is -2.53. The van der Waals surface area contributed by atoms with Crippen LogP contribution in [0.2, 0.25) is 0 Å². The Morgan fingerprint density at radius 2 is 1.76 bits per heavy atom. The topological polar surface area (TPSA) is 60.0 Å². The third kappa shape index (κ3) is 7.22. The molecule has 0 aromatic rings. The fourth-order valence-electron chi connectivity index (χ4n) is 2.27. The SMILES string of the molecule is CCOC(=O)C(C)(CC(C)N(CCOC)CCOC)NC. The number of likely N-dealkylation sites (N-methyl/N-ethyl adjacent to an activating group) is 1. The molecule has 0 aromatic carbocycles. The van der Waals surface area contributed by atoms with Crippen LogP contribution in [0.25, 0.3) is 0 Å². The van der Waals surface area contributed by atoms with E-state index in [2.05, 4.69) is 17.1 Å². The number of rotatable bonds is 12. The molecule has 0 aromatic heterocycles. The molecule has 0 bridgehead atoms. The number of carbonyl (C=O) groups excluding carboxylic acids is 1. The second-order valence-electron chi connectivity index (χ2n) is 5.38. The van der Waals surface area contributed by atoms with Gasteiger partial charge >= 0.3 is 5.97 Å². The molecular formula is C15H32N2O4. The van der Waals surface area contributed by atoms with Gasteiger partial charge in [0.05, 0.1) is 19.8 Å². The van der Waals surface area contributed by atoms with Crippen LogP contribution in [0.4, 0.5) is 0 Å². The van der Waals surface area contributed by atoms with Gasteiger partial charge in [-0.15, -0.1) is 0 Å². The Morgan fingerprint density at radius 1 is 1.24 bits per heavy atom. The molecule has 6 heteroatoms. The second kappa shape index (κ2) is 11.0. The Kier molecular flexibility index (Phi) is 10.6. The van der Waals surface area contributed by atoms with Gasteiger partial charge in [-0.05, 0) is 34.2 Å². The molecule has 6 nitrogen and oxygen atoms in total. The fraction of sp³-hybridized carbons (Fsp3) is 0.933. The summed E-state index contributed by atoms with van der Waals surface area (Å²) in [5.74, 6) is -0.210. The summed E-state index contributed by atoms with van der Waals surface area (Å²) in [4.78, 5) is 14.4. The minimum atomic E-state index is -0.687. The molecule has 0 fully saturated rings. The smallest absolute Gasteiger partial charge is 0.326 e. The summed E-state index contributed by atoms with van der Waals surface area (Å²) >= 11 is 0. The van der Waals surface area contributed by atoms with Crippen molar-refractivity contribution < 1.29 is 19.0 Å². The number of carbonyl (C=O) groups is 1. The lowest BCUT2D eigenvalue weighted by Gasteiger charge is -2.35. The summed E-state index contributed by atoms with van der Waals surface area (Å²) in [6.07, 6.45) is 0.662. The van der Waals surface area contributed by atoms with Crippen molar-refractivity contribution in [3.63, 3.8) is 0 Å². The van der Waals surface area contributed by atoms with E-state index in [4.69, 9.17) is 14.2 Å². The van der Waals surface area contributed by atoms with Crippen molar-refractivity contribution in [2.45, 2.75) is 38.8 Å². The molecule has 2 unspecified atom stereocenters. The highest BCUT2D eigenvalue weighted by Gasteiger charge is 2.35. The highest BCUT2D eigenvalue weighted by molar-refractivity contribution is 5.80. The van der Waals surface area contributed by atoms with E-state index in [1.165, 1.54) is 0 Å². The highest BCUT2D eigenvalue weighted by atomic mass is 16.5. The van der Waals surface area contributed by atoms with Crippen LogP contribution in [0.15, 0.2) is 0 Å². The van der Waals surface area contributed by atoms with E-state index in [1.54, 1.807) is 21.3 Å². The van der Waals surface area contributed by atoms with E-state index in [1.807, 2.05) is 13.8 Å². The Bertz CT molecular complexity index is 281. The third-order valence-corrected chi connectivity index (χ3v) is 3.77. The lowest BCUT2D eigenvalue weighted by atomic mass is 9.93. The van der Waals surface area contributed by atoms with Gasteiger partial charge in [-0.2, -0.15) is 0 Å². The van der Waals surface area contributed by atoms with Crippen LogP contribution in [0, 0.1) is 0 Å². The molecule has 0 heterocycles. The number of esters is 1. The van der Waals surface area contributed by atoms with Crippen LogP contribution in [0.3, 0.4) is 0 Å². The number of nitrogens with zero attached hydrogens (tertiary/aromatic N) is 1. The van der Waals surface area contributed by atoms with Crippen molar-refractivity contribution in [3.05, 3.63) is 0 Å². The number of ether oxygens (including phenoxy) is 3. The van der Waals surface area contributed by atoms with Crippen LogP contribution in [-0.4, -0.2) is 76.6 Å². The number of nitrogens with one attached hydrogen (secondary N) is 1. The third-order valence-electron chi connectivity index (χ3n) is 3.77. The molecule has 0 aliphatic heterocycles. The number of methoxy groups -OCH3 is 2. The van der Waals surface area contributed by atoms with Gasteiger partial charge in [0, 0.05) is 33.4 Å². The molecule has 0 radical (unpaired) electrons. The number of hydrogen-bond donors (Lipinski definition) is 1. The maximum absolute atomic E-state index is 12.1. The summed E-state index contributed by atoms with van der Waals surface area (Å²) in [7, 11) is 5.17. The minimum Gasteiger partial charge on any atom is -0.465 e. The van der Waals surface area contributed by atoms with Crippen molar-refractivity contribution in [3.8, 4) is 0 Å². The average molecular weight is 304 g/mol. The fourth-order valence-corrected chi connectivity index (χ4v) is 2.27. The minimum absolute atomic E-state index is 0.206. The maximum atomic E-state index is 12.1. The molecule has 21 heavy (non-hydrogen) atoms. The quantitative estimate of drug-likeness (QED) is 0.541. The Labute approximate surface area is 129 Å². The summed E-state index contributed by atoms with van der Waals surface area (Å²) in [6, 6.07) is 0.206. The van der Waals surface area contributed by atoms with Crippen LogP contribution in [0.1, 0.15) is 27.2 Å². The predicted molar refractivity (Wildman–Crippen MR) is 83.5 cm³/mol. The average Bonchev–Trinajstić information content (AvgIpc) is 2.47.